The Labute approximate surface area is 303 Å². The van der Waals surface area contributed by atoms with E-state index in [-0.39, 0.29) is 42.2 Å². The van der Waals surface area contributed by atoms with E-state index in [4.69, 9.17) is 14.5 Å². The van der Waals surface area contributed by atoms with Crippen LogP contribution < -0.4 is 10.1 Å². The number of esters is 1. The van der Waals surface area contributed by atoms with Gasteiger partial charge in [-0.1, -0.05) is 63.2 Å². The fourth-order valence-corrected chi connectivity index (χ4v) is 7.58. The van der Waals surface area contributed by atoms with Gasteiger partial charge in [0.15, 0.2) is 0 Å². The van der Waals surface area contributed by atoms with Gasteiger partial charge in [-0.2, -0.15) is 0 Å². The first-order valence-electron chi connectivity index (χ1n) is 18.5. The lowest BCUT2D eigenvalue weighted by molar-refractivity contribution is -0.154. The minimum absolute atomic E-state index is 0.0250. The molecular weight excluding hydrogens is 638 g/mol. The molecule has 1 atom stereocenters. The van der Waals surface area contributed by atoms with Gasteiger partial charge in [0.1, 0.15) is 29.3 Å². The van der Waals surface area contributed by atoms with Crippen LogP contribution >= 0.6 is 0 Å². The molecule has 270 valence electrons. The molecule has 3 aromatic rings. The highest BCUT2D eigenvalue weighted by atomic mass is 16.6. The Morgan fingerprint density at radius 1 is 0.882 bits per heavy atom. The van der Waals surface area contributed by atoms with Crippen LogP contribution in [0.3, 0.4) is 0 Å². The van der Waals surface area contributed by atoms with Crippen LogP contribution in [-0.4, -0.2) is 46.2 Å². The minimum atomic E-state index is -0.610. The molecule has 8 heteroatoms. The molecule has 0 bridgehead atoms. The topological polar surface area (TPSA) is 97.3 Å². The summed E-state index contributed by atoms with van der Waals surface area (Å²) in [6, 6.07) is 25.3. The summed E-state index contributed by atoms with van der Waals surface area (Å²) in [5.74, 6) is 1.03. The quantitative estimate of drug-likeness (QED) is 0.204. The van der Waals surface area contributed by atoms with Crippen molar-refractivity contribution >= 4 is 23.5 Å². The summed E-state index contributed by atoms with van der Waals surface area (Å²) in [7, 11) is 0. The van der Waals surface area contributed by atoms with Crippen molar-refractivity contribution in [1.29, 1.82) is 0 Å². The van der Waals surface area contributed by atoms with Gasteiger partial charge in [0.25, 0.3) is 11.8 Å². The van der Waals surface area contributed by atoms with Gasteiger partial charge < -0.3 is 19.7 Å². The van der Waals surface area contributed by atoms with Gasteiger partial charge in [-0.25, -0.2) is 0 Å². The Morgan fingerprint density at radius 2 is 1.53 bits per heavy atom. The highest BCUT2D eigenvalue weighted by molar-refractivity contribution is 6.46. The molecule has 1 heterocycles. The molecule has 8 nitrogen and oxygen atoms in total. The van der Waals surface area contributed by atoms with Crippen molar-refractivity contribution in [2.45, 2.75) is 110 Å². The summed E-state index contributed by atoms with van der Waals surface area (Å²) >= 11 is 0. The molecule has 0 saturated heterocycles. The molecule has 3 aromatic carbocycles. The number of hydrogen-bond donors (Lipinski definition) is 1. The molecule has 1 spiro atoms. The first kappa shape index (κ1) is 36.3. The van der Waals surface area contributed by atoms with Gasteiger partial charge in [-0.3, -0.25) is 19.4 Å². The Morgan fingerprint density at radius 3 is 2.12 bits per heavy atom. The van der Waals surface area contributed by atoms with Crippen molar-refractivity contribution in [3.8, 4) is 5.75 Å². The number of amides is 2. The first-order chi connectivity index (χ1) is 24.2. The normalized spacial score (nSPS) is 21.3. The second kappa shape index (κ2) is 14.6. The molecule has 1 unspecified atom stereocenters. The Hall–Kier alpha value is -4.46. The van der Waals surface area contributed by atoms with Crippen LogP contribution in [0.4, 0.5) is 0 Å². The molecule has 3 aliphatic rings. The van der Waals surface area contributed by atoms with Crippen LogP contribution in [0, 0.1) is 17.3 Å². The zero-order valence-corrected chi connectivity index (χ0v) is 31.0. The minimum Gasteiger partial charge on any atom is -0.489 e. The summed E-state index contributed by atoms with van der Waals surface area (Å²) in [5, 5.41) is 2.84. The maximum absolute atomic E-state index is 14.7. The largest absolute Gasteiger partial charge is 0.489 e. The number of aliphatic imine (C=N–C) groups is 1. The van der Waals surface area contributed by atoms with Crippen molar-refractivity contribution in [3.05, 3.63) is 101 Å². The average Bonchev–Trinajstić information content (AvgIpc) is 3.89. The first-order valence-corrected chi connectivity index (χ1v) is 18.5. The number of rotatable bonds is 11. The Kier molecular flexibility index (Phi) is 10.4. The van der Waals surface area contributed by atoms with Crippen LogP contribution in [0.25, 0.3) is 0 Å². The van der Waals surface area contributed by atoms with E-state index in [2.05, 4.69) is 31.0 Å². The van der Waals surface area contributed by atoms with E-state index in [1.165, 1.54) is 0 Å². The van der Waals surface area contributed by atoms with E-state index in [0.717, 1.165) is 61.0 Å². The highest BCUT2D eigenvalue weighted by Gasteiger charge is 2.55. The van der Waals surface area contributed by atoms with E-state index < -0.39 is 11.3 Å². The number of ether oxygens (including phenoxy) is 2. The number of hydrogen-bond acceptors (Lipinski definition) is 6. The van der Waals surface area contributed by atoms with Crippen molar-refractivity contribution in [2.75, 3.05) is 6.54 Å². The average molecular weight is 692 g/mol. The number of nitrogens with zero attached hydrogens (tertiary/aromatic N) is 2. The summed E-state index contributed by atoms with van der Waals surface area (Å²) in [4.78, 5) is 47.3. The van der Waals surface area contributed by atoms with E-state index >= 15 is 0 Å². The van der Waals surface area contributed by atoms with Crippen molar-refractivity contribution in [1.82, 2.24) is 10.2 Å². The van der Waals surface area contributed by atoms with Gasteiger partial charge in [-0.15, -0.1) is 0 Å². The van der Waals surface area contributed by atoms with Crippen LogP contribution in [0.1, 0.15) is 120 Å². The number of benzene rings is 3. The van der Waals surface area contributed by atoms with Gasteiger partial charge in [0, 0.05) is 17.7 Å². The third kappa shape index (κ3) is 8.71. The molecule has 51 heavy (non-hydrogen) atoms. The smallest absolute Gasteiger partial charge is 0.308 e. The van der Waals surface area contributed by atoms with Gasteiger partial charge in [-0.05, 0) is 124 Å². The van der Waals surface area contributed by atoms with E-state index in [1.807, 2.05) is 99.6 Å². The molecule has 2 aliphatic carbocycles. The monoisotopic (exact) mass is 691 g/mol. The number of carbonyl (C=O) groups excluding carboxylic acids is 3. The molecule has 1 aliphatic heterocycles. The van der Waals surface area contributed by atoms with Crippen molar-refractivity contribution in [2.24, 2.45) is 22.2 Å². The molecule has 0 aromatic heterocycles. The van der Waals surface area contributed by atoms with E-state index in [1.54, 1.807) is 0 Å². The second-order valence-corrected chi connectivity index (χ2v) is 16.6. The van der Waals surface area contributed by atoms with Crippen LogP contribution in [0.5, 0.6) is 5.75 Å². The third-order valence-corrected chi connectivity index (χ3v) is 10.5. The van der Waals surface area contributed by atoms with Crippen LogP contribution in [0.15, 0.2) is 83.9 Å². The zero-order valence-electron chi connectivity index (χ0n) is 31.0. The third-order valence-electron chi connectivity index (χ3n) is 10.5. The zero-order chi connectivity index (χ0) is 36.4. The van der Waals surface area contributed by atoms with Crippen LogP contribution in [-0.2, 0) is 20.9 Å². The molecule has 0 radical (unpaired) electrons. The summed E-state index contributed by atoms with van der Waals surface area (Å²) in [5.41, 5.74) is 2.97. The predicted molar refractivity (Wildman–Crippen MR) is 199 cm³/mol. The predicted octanol–water partition coefficient (Wildman–Crippen LogP) is 8.44. The molecule has 6 rings (SSSR count). The lowest BCUT2D eigenvalue weighted by atomic mass is 9.69. The molecular formula is C43H53N3O5. The number of nitrogens with one attached hydrogen (secondary N) is 1. The summed E-state index contributed by atoms with van der Waals surface area (Å²) in [6.45, 7) is 13.1. The molecule has 2 amide bonds. The fraction of sp³-hybridized carbons (Fsp3) is 0.488. The SMILES string of the molecule is CC(C)(C)OC(=O)CCNC(=O)c1ccc(C(C2CC2)N2C(=O)C(c3ccc(OCc4ccccc4)cc3)=NC23CCC(C(C)(C)C)CC3)cc1. The summed E-state index contributed by atoms with van der Waals surface area (Å²) < 4.78 is 11.4. The Bertz CT molecular complexity index is 1720. The fourth-order valence-electron chi connectivity index (χ4n) is 7.58. The van der Waals surface area contributed by atoms with Gasteiger partial charge >= 0.3 is 5.97 Å². The molecule has 2 fully saturated rings. The Balaban J connectivity index is 1.22. The van der Waals surface area contributed by atoms with Crippen molar-refractivity contribution < 1.29 is 23.9 Å². The van der Waals surface area contributed by atoms with Gasteiger partial charge in [0.05, 0.1) is 12.5 Å². The van der Waals surface area contributed by atoms with E-state index in [0.29, 0.717) is 29.7 Å². The molecule has 2 saturated carbocycles. The van der Waals surface area contributed by atoms with Crippen molar-refractivity contribution in [3.63, 3.8) is 0 Å². The lowest BCUT2D eigenvalue weighted by Gasteiger charge is -2.47. The second-order valence-electron chi connectivity index (χ2n) is 16.6. The molecule has 1 N–H and O–H groups in total. The standard InChI is InChI=1S/C43H53N3O5/c1-41(2,3)34-22-25-43(26-23-34)45-37(30-18-20-35(21-19-30)50-28-29-10-8-7-9-11-29)40(49)46(43)38(31-12-13-31)32-14-16-33(17-15-32)39(48)44-27-24-36(47)51-42(4,5)6/h7-11,14-21,31,34,38H,12-13,22-28H2,1-6H3,(H,44,48). The number of carbonyl (C=O) groups is 3. The van der Waals surface area contributed by atoms with E-state index in [9.17, 15) is 14.4 Å². The maximum atomic E-state index is 14.7. The maximum Gasteiger partial charge on any atom is 0.308 e. The lowest BCUT2D eigenvalue weighted by Crippen LogP contribution is -2.52. The van der Waals surface area contributed by atoms with Gasteiger partial charge in [0.2, 0.25) is 0 Å². The van der Waals surface area contributed by atoms with Crippen LogP contribution in [0.2, 0.25) is 0 Å². The summed E-state index contributed by atoms with van der Waals surface area (Å²) in [6.07, 6.45) is 5.86. The highest BCUT2D eigenvalue weighted by Crippen LogP contribution is 2.54.